The molecule has 0 aliphatic rings. The number of aryl methyl sites for hydroxylation is 1. The zero-order chi connectivity index (χ0) is 15.4. The Morgan fingerprint density at radius 1 is 1.24 bits per heavy atom. The molecule has 1 amide bonds. The molecule has 2 rings (SSSR count). The van der Waals surface area contributed by atoms with Crippen molar-refractivity contribution in [1.29, 1.82) is 0 Å². The van der Waals surface area contributed by atoms with Crippen LogP contribution in [0.25, 0.3) is 0 Å². The largest absolute Gasteiger partial charge is 0.411 e. The molecule has 0 spiro atoms. The molecule has 0 fully saturated rings. The summed E-state index contributed by atoms with van der Waals surface area (Å²) >= 11 is 3.38. The molecule has 5 heteroatoms. The Labute approximate surface area is 131 Å². The molecule has 0 unspecified atom stereocenters. The van der Waals surface area contributed by atoms with Crippen molar-refractivity contribution in [2.45, 2.75) is 13.8 Å². The Morgan fingerprint density at radius 3 is 2.62 bits per heavy atom. The maximum Gasteiger partial charge on any atom is 0.255 e. The van der Waals surface area contributed by atoms with E-state index in [4.69, 9.17) is 5.21 Å². The van der Waals surface area contributed by atoms with Gasteiger partial charge in [0.25, 0.3) is 5.91 Å². The van der Waals surface area contributed by atoms with Crippen LogP contribution in [0.15, 0.2) is 52.1 Å². The van der Waals surface area contributed by atoms with Crippen LogP contribution in [-0.2, 0) is 0 Å². The number of carbonyl (C=O) groups is 1. The third-order valence-electron chi connectivity index (χ3n) is 3.02. The van der Waals surface area contributed by atoms with Gasteiger partial charge in [0.05, 0.1) is 11.4 Å². The number of para-hydroxylation sites is 1. The SMILES string of the molecule is C/C(=N/O)c1ccccc1NC(=O)c1cc(C)cc(Br)c1. The smallest absolute Gasteiger partial charge is 0.255 e. The monoisotopic (exact) mass is 346 g/mol. The third kappa shape index (κ3) is 3.70. The number of carbonyl (C=O) groups excluding carboxylic acids is 1. The third-order valence-corrected chi connectivity index (χ3v) is 3.48. The van der Waals surface area contributed by atoms with Crippen LogP contribution >= 0.6 is 15.9 Å². The van der Waals surface area contributed by atoms with Gasteiger partial charge in [0, 0.05) is 15.6 Å². The van der Waals surface area contributed by atoms with E-state index >= 15 is 0 Å². The van der Waals surface area contributed by atoms with Gasteiger partial charge in [-0.1, -0.05) is 39.3 Å². The first-order chi connectivity index (χ1) is 10.0. The molecule has 2 aromatic rings. The topological polar surface area (TPSA) is 61.7 Å². The van der Waals surface area contributed by atoms with Gasteiger partial charge in [0.2, 0.25) is 0 Å². The molecule has 0 saturated carbocycles. The number of anilines is 1. The van der Waals surface area contributed by atoms with Gasteiger partial charge in [0.15, 0.2) is 0 Å². The molecule has 21 heavy (non-hydrogen) atoms. The molecule has 0 aliphatic carbocycles. The number of oxime groups is 1. The average Bonchev–Trinajstić information content (AvgIpc) is 2.46. The van der Waals surface area contributed by atoms with E-state index < -0.39 is 0 Å². The predicted octanol–water partition coefficient (Wildman–Crippen LogP) is 4.21. The Balaban J connectivity index is 2.32. The van der Waals surface area contributed by atoms with Crippen molar-refractivity contribution in [3.05, 3.63) is 63.6 Å². The first kappa shape index (κ1) is 15.3. The van der Waals surface area contributed by atoms with Crippen molar-refractivity contribution in [1.82, 2.24) is 0 Å². The minimum atomic E-state index is -0.211. The fourth-order valence-electron chi connectivity index (χ4n) is 2.02. The van der Waals surface area contributed by atoms with Crippen LogP contribution in [0.2, 0.25) is 0 Å². The van der Waals surface area contributed by atoms with Gasteiger partial charge in [-0.15, -0.1) is 0 Å². The van der Waals surface area contributed by atoms with Gasteiger partial charge >= 0.3 is 0 Å². The van der Waals surface area contributed by atoms with Crippen LogP contribution in [0, 0.1) is 6.92 Å². The second-order valence-electron chi connectivity index (χ2n) is 4.70. The summed E-state index contributed by atoms with van der Waals surface area (Å²) in [4.78, 5) is 12.3. The highest BCUT2D eigenvalue weighted by Gasteiger charge is 2.11. The lowest BCUT2D eigenvalue weighted by atomic mass is 10.1. The minimum Gasteiger partial charge on any atom is -0.411 e. The molecule has 4 nitrogen and oxygen atoms in total. The molecular weight excluding hydrogens is 332 g/mol. The fraction of sp³-hybridized carbons (Fsp3) is 0.125. The van der Waals surface area contributed by atoms with Gasteiger partial charge in [-0.25, -0.2) is 0 Å². The van der Waals surface area contributed by atoms with Crippen molar-refractivity contribution in [2.24, 2.45) is 5.16 Å². The highest BCUT2D eigenvalue weighted by atomic mass is 79.9. The zero-order valence-electron chi connectivity index (χ0n) is 11.7. The Bertz CT molecular complexity index is 691. The molecule has 2 aromatic carbocycles. The van der Waals surface area contributed by atoms with E-state index in [1.165, 1.54) is 0 Å². The first-order valence-electron chi connectivity index (χ1n) is 6.38. The standard InChI is InChI=1S/C16H15BrN2O2/c1-10-7-12(9-13(17)8-10)16(20)18-15-6-4-3-5-14(15)11(2)19-21/h3-9,21H,1-2H3,(H,18,20)/b19-11-. The summed E-state index contributed by atoms with van der Waals surface area (Å²) in [6, 6.07) is 12.7. The van der Waals surface area contributed by atoms with E-state index in [1.807, 2.05) is 31.2 Å². The summed E-state index contributed by atoms with van der Waals surface area (Å²) in [5.74, 6) is -0.211. The second-order valence-corrected chi connectivity index (χ2v) is 5.62. The highest BCUT2D eigenvalue weighted by molar-refractivity contribution is 9.10. The fourth-order valence-corrected chi connectivity index (χ4v) is 2.63. The van der Waals surface area contributed by atoms with Crippen LogP contribution in [0.4, 0.5) is 5.69 Å². The van der Waals surface area contributed by atoms with Crippen molar-refractivity contribution in [3.63, 3.8) is 0 Å². The maximum atomic E-state index is 12.3. The van der Waals surface area contributed by atoms with Crippen LogP contribution in [0.5, 0.6) is 0 Å². The molecule has 2 N–H and O–H groups in total. The number of halogens is 1. The Morgan fingerprint density at radius 2 is 1.95 bits per heavy atom. The Hall–Kier alpha value is -2.14. The molecule has 0 heterocycles. The quantitative estimate of drug-likeness (QED) is 0.496. The maximum absolute atomic E-state index is 12.3. The average molecular weight is 347 g/mol. The molecular formula is C16H15BrN2O2. The van der Waals surface area contributed by atoms with Crippen LogP contribution < -0.4 is 5.32 Å². The van der Waals surface area contributed by atoms with E-state index in [9.17, 15) is 4.79 Å². The lowest BCUT2D eigenvalue weighted by Crippen LogP contribution is -2.14. The van der Waals surface area contributed by atoms with E-state index in [0.717, 1.165) is 10.0 Å². The van der Waals surface area contributed by atoms with Gasteiger partial charge in [-0.3, -0.25) is 4.79 Å². The molecule has 0 aromatic heterocycles. The zero-order valence-corrected chi connectivity index (χ0v) is 13.3. The summed E-state index contributed by atoms with van der Waals surface area (Å²) < 4.78 is 0.856. The van der Waals surface area contributed by atoms with E-state index in [0.29, 0.717) is 22.5 Å². The number of nitrogens with zero attached hydrogens (tertiary/aromatic N) is 1. The predicted molar refractivity (Wildman–Crippen MR) is 87.3 cm³/mol. The summed E-state index contributed by atoms with van der Waals surface area (Å²) in [5, 5.41) is 14.9. The second kappa shape index (κ2) is 6.54. The number of benzene rings is 2. The minimum absolute atomic E-state index is 0.211. The van der Waals surface area contributed by atoms with Gasteiger partial charge in [0.1, 0.15) is 0 Å². The summed E-state index contributed by atoms with van der Waals surface area (Å²) in [6.07, 6.45) is 0. The van der Waals surface area contributed by atoms with E-state index in [2.05, 4.69) is 26.4 Å². The van der Waals surface area contributed by atoms with Crippen LogP contribution in [-0.4, -0.2) is 16.8 Å². The number of rotatable bonds is 3. The normalized spacial score (nSPS) is 11.3. The molecule has 0 aliphatic heterocycles. The van der Waals surface area contributed by atoms with Gasteiger partial charge in [-0.05, 0) is 43.7 Å². The van der Waals surface area contributed by atoms with Crippen LogP contribution in [0.1, 0.15) is 28.4 Å². The number of amides is 1. The van der Waals surface area contributed by atoms with Crippen molar-refractivity contribution in [3.8, 4) is 0 Å². The lowest BCUT2D eigenvalue weighted by Gasteiger charge is -2.11. The lowest BCUT2D eigenvalue weighted by molar-refractivity contribution is 0.102. The van der Waals surface area contributed by atoms with E-state index in [-0.39, 0.29) is 5.91 Å². The Kier molecular flexibility index (Phi) is 4.75. The summed E-state index contributed by atoms with van der Waals surface area (Å²) in [5.41, 5.74) is 3.29. The van der Waals surface area contributed by atoms with Crippen LogP contribution in [0.3, 0.4) is 0 Å². The van der Waals surface area contributed by atoms with Gasteiger partial charge < -0.3 is 10.5 Å². The number of hydrogen-bond donors (Lipinski definition) is 2. The summed E-state index contributed by atoms with van der Waals surface area (Å²) in [6.45, 7) is 3.60. The highest BCUT2D eigenvalue weighted by Crippen LogP contribution is 2.19. The van der Waals surface area contributed by atoms with Crippen molar-refractivity contribution in [2.75, 3.05) is 5.32 Å². The van der Waals surface area contributed by atoms with E-state index in [1.54, 1.807) is 25.1 Å². The van der Waals surface area contributed by atoms with Gasteiger partial charge in [-0.2, -0.15) is 0 Å². The molecule has 0 bridgehead atoms. The number of hydrogen-bond acceptors (Lipinski definition) is 3. The molecule has 0 saturated heterocycles. The molecule has 0 atom stereocenters. The summed E-state index contributed by atoms with van der Waals surface area (Å²) in [7, 11) is 0. The first-order valence-corrected chi connectivity index (χ1v) is 7.17. The molecule has 0 radical (unpaired) electrons. The van der Waals surface area contributed by atoms with Crippen molar-refractivity contribution >= 4 is 33.2 Å². The van der Waals surface area contributed by atoms with Crippen molar-refractivity contribution < 1.29 is 10.0 Å². The molecule has 108 valence electrons. The number of nitrogens with one attached hydrogen (secondary N) is 1.